The lowest BCUT2D eigenvalue weighted by Gasteiger charge is -2.42. The maximum Gasteiger partial charge on any atom is 0.242 e. The highest BCUT2D eigenvalue weighted by Crippen LogP contribution is 2.33. The molecule has 9 heteroatoms. The molecule has 0 atom stereocenters. The van der Waals surface area contributed by atoms with Gasteiger partial charge in [0.1, 0.15) is 15.9 Å². The number of rotatable bonds is 6. The van der Waals surface area contributed by atoms with Crippen LogP contribution in [0.4, 0.5) is 0 Å². The van der Waals surface area contributed by atoms with E-state index in [0.29, 0.717) is 30.8 Å². The number of sulfonamides is 1. The van der Waals surface area contributed by atoms with E-state index in [9.17, 15) is 8.42 Å². The third-order valence-electron chi connectivity index (χ3n) is 5.74. The van der Waals surface area contributed by atoms with Crippen LogP contribution in [0.2, 0.25) is 0 Å². The third kappa shape index (κ3) is 4.32. The molecule has 0 spiro atoms. The van der Waals surface area contributed by atoms with Crippen LogP contribution in [0.25, 0.3) is 11.0 Å². The van der Waals surface area contributed by atoms with Crippen molar-refractivity contribution < 1.29 is 13.2 Å². The van der Waals surface area contributed by atoms with Crippen LogP contribution in [0.3, 0.4) is 0 Å². The van der Waals surface area contributed by atoms with Gasteiger partial charge in [-0.1, -0.05) is 12.5 Å². The molecule has 0 saturated carbocycles. The van der Waals surface area contributed by atoms with Gasteiger partial charge in [0.25, 0.3) is 0 Å². The smallest absolute Gasteiger partial charge is 0.242 e. The fraction of sp³-hybridized carbons (Fsp3) is 0.667. The van der Waals surface area contributed by atoms with Crippen LogP contribution in [0, 0.1) is 5.41 Å². The molecule has 0 radical (unpaired) electrons. The topological polar surface area (TPSA) is 84.4 Å². The molecular weight excluding hydrogens is 384 g/mol. The molecule has 27 heavy (non-hydrogen) atoms. The number of hydrogen-bond acceptors (Lipinski definition) is 7. The number of aromatic nitrogens is 2. The van der Waals surface area contributed by atoms with Crippen LogP contribution in [-0.4, -0.2) is 61.5 Å². The Morgan fingerprint density at radius 2 is 1.93 bits per heavy atom. The van der Waals surface area contributed by atoms with Gasteiger partial charge in [-0.3, -0.25) is 0 Å². The lowest BCUT2D eigenvalue weighted by atomic mass is 9.79. The highest BCUT2D eigenvalue weighted by molar-refractivity contribution is 7.89. The molecule has 2 fully saturated rings. The van der Waals surface area contributed by atoms with Gasteiger partial charge in [0, 0.05) is 31.7 Å². The Labute approximate surface area is 164 Å². The normalized spacial score (nSPS) is 21.5. The maximum atomic E-state index is 13.0. The Kier molecular flexibility index (Phi) is 5.75. The van der Waals surface area contributed by atoms with Crippen molar-refractivity contribution in [2.24, 2.45) is 5.41 Å². The zero-order valence-corrected chi connectivity index (χ0v) is 17.0. The van der Waals surface area contributed by atoms with E-state index in [-0.39, 0.29) is 10.3 Å². The van der Waals surface area contributed by atoms with E-state index >= 15 is 0 Å². The lowest BCUT2D eigenvalue weighted by molar-refractivity contribution is -0.00466. The predicted molar refractivity (Wildman–Crippen MR) is 105 cm³/mol. The first-order valence-corrected chi connectivity index (χ1v) is 11.8. The minimum Gasteiger partial charge on any atom is -0.381 e. The molecule has 3 heterocycles. The van der Waals surface area contributed by atoms with E-state index in [2.05, 4.69) is 18.4 Å². The molecule has 0 amide bonds. The number of fused-ring (bicyclic) bond motifs is 1. The largest absolute Gasteiger partial charge is 0.381 e. The molecule has 4 rings (SSSR count). The highest BCUT2D eigenvalue weighted by atomic mass is 32.2. The van der Waals surface area contributed by atoms with Crippen LogP contribution in [-0.2, 0) is 14.8 Å². The molecule has 0 aliphatic carbocycles. The summed E-state index contributed by atoms with van der Waals surface area (Å²) in [5, 5.41) is 0. The Hall–Kier alpha value is -1.13. The van der Waals surface area contributed by atoms with Crippen molar-refractivity contribution in [2.45, 2.75) is 37.0 Å². The van der Waals surface area contributed by atoms with Crippen LogP contribution >= 0.6 is 11.7 Å². The van der Waals surface area contributed by atoms with Crippen molar-refractivity contribution in [1.29, 1.82) is 0 Å². The summed E-state index contributed by atoms with van der Waals surface area (Å²) in [4.78, 5) is 2.71. The quantitative estimate of drug-likeness (QED) is 0.786. The van der Waals surface area contributed by atoms with Gasteiger partial charge < -0.3 is 9.64 Å². The van der Waals surface area contributed by atoms with Crippen LogP contribution < -0.4 is 4.72 Å². The third-order valence-corrected chi connectivity index (χ3v) is 7.71. The maximum absolute atomic E-state index is 13.0. The average Bonchev–Trinajstić information content (AvgIpc) is 3.17. The Morgan fingerprint density at radius 3 is 2.70 bits per heavy atom. The first kappa shape index (κ1) is 19.2. The molecule has 148 valence electrons. The minimum absolute atomic E-state index is 0.0725. The molecule has 0 unspecified atom stereocenters. The van der Waals surface area contributed by atoms with E-state index in [1.165, 1.54) is 19.3 Å². The van der Waals surface area contributed by atoms with Gasteiger partial charge in [-0.2, -0.15) is 8.75 Å². The zero-order chi connectivity index (χ0) is 18.7. The summed E-state index contributed by atoms with van der Waals surface area (Å²) in [5.74, 6) is 0. The van der Waals surface area contributed by atoms with Crippen LogP contribution in [0.5, 0.6) is 0 Å². The number of benzene rings is 1. The van der Waals surface area contributed by atoms with E-state index in [1.54, 1.807) is 18.2 Å². The number of nitrogens with zero attached hydrogens (tertiary/aromatic N) is 3. The number of nitrogens with one attached hydrogen (secondary N) is 1. The van der Waals surface area contributed by atoms with Gasteiger partial charge in [-0.05, 0) is 50.9 Å². The van der Waals surface area contributed by atoms with Gasteiger partial charge >= 0.3 is 0 Å². The number of ether oxygens (including phenoxy) is 1. The second-order valence-corrected chi connectivity index (χ2v) is 9.93. The average molecular weight is 411 g/mol. The summed E-state index contributed by atoms with van der Waals surface area (Å²) in [7, 11) is -3.64. The second kappa shape index (κ2) is 8.08. The molecule has 1 N–H and O–H groups in total. The highest BCUT2D eigenvalue weighted by Gasteiger charge is 2.36. The van der Waals surface area contributed by atoms with Crippen molar-refractivity contribution in [2.75, 3.05) is 39.4 Å². The second-order valence-electron chi connectivity index (χ2n) is 7.66. The molecule has 2 saturated heterocycles. The predicted octanol–water partition coefficient (Wildman–Crippen LogP) is 2.25. The van der Waals surface area contributed by atoms with Gasteiger partial charge in [0.15, 0.2) is 0 Å². The number of hydrogen-bond donors (Lipinski definition) is 1. The Balaban J connectivity index is 1.52. The van der Waals surface area contributed by atoms with Crippen LogP contribution in [0.1, 0.15) is 32.1 Å². The minimum atomic E-state index is -3.64. The Bertz CT molecular complexity index is 872. The summed E-state index contributed by atoms with van der Waals surface area (Å²) >= 11 is 1.04. The van der Waals surface area contributed by atoms with Gasteiger partial charge in [-0.25, -0.2) is 13.1 Å². The fourth-order valence-corrected chi connectivity index (χ4v) is 6.03. The Morgan fingerprint density at radius 1 is 1.15 bits per heavy atom. The van der Waals surface area contributed by atoms with Crippen LogP contribution in [0.15, 0.2) is 23.1 Å². The van der Waals surface area contributed by atoms with Crippen molar-refractivity contribution in [1.82, 2.24) is 18.4 Å². The monoisotopic (exact) mass is 410 g/mol. The molecule has 2 aromatic rings. The summed E-state index contributed by atoms with van der Waals surface area (Å²) < 4.78 is 42.8. The summed E-state index contributed by atoms with van der Waals surface area (Å²) in [5.41, 5.74) is 1.00. The standard InChI is InChI=1S/C18H26N4O3S2/c23-27(24,16-6-4-5-15-17(16)21-26-20-15)19-13-18(7-11-25-12-8-18)14-22-9-2-1-3-10-22/h4-6,19H,1-3,7-14H2. The lowest BCUT2D eigenvalue weighted by Crippen LogP contribution is -2.49. The molecule has 0 bridgehead atoms. The zero-order valence-electron chi connectivity index (χ0n) is 15.4. The molecule has 7 nitrogen and oxygen atoms in total. The summed E-state index contributed by atoms with van der Waals surface area (Å²) in [6.07, 6.45) is 5.53. The number of likely N-dealkylation sites (tertiary alicyclic amines) is 1. The SMILES string of the molecule is O=S(=O)(NCC1(CN2CCCCC2)CCOCC1)c1cccc2nsnc12. The molecule has 1 aromatic heterocycles. The van der Waals surface area contributed by atoms with E-state index < -0.39 is 10.0 Å². The van der Waals surface area contributed by atoms with Crippen molar-refractivity contribution in [3.8, 4) is 0 Å². The fourth-order valence-electron chi connectivity index (χ4n) is 4.11. The van der Waals surface area contributed by atoms with Crippen molar-refractivity contribution in [3.63, 3.8) is 0 Å². The van der Waals surface area contributed by atoms with Gasteiger partial charge in [-0.15, -0.1) is 0 Å². The van der Waals surface area contributed by atoms with Crippen molar-refractivity contribution in [3.05, 3.63) is 18.2 Å². The van der Waals surface area contributed by atoms with Crippen molar-refractivity contribution >= 4 is 32.8 Å². The van der Waals surface area contributed by atoms with E-state index in [0.717, 1.165) is 44.2 Å². The molecule has 2 aliphatic heterocycles. The molecular formula is C18H26N4O3S2. The van der Waals surface area contributed by atoms with E-state index in [4.69, 9.17) is 4.74 Å². The first-order valence-electron chi connectivity index (χ1n) is 9.59. The summed E-state index contributed by atoms with van der Waals surface area (Å²) in [6, 6.07) is 5.11. The van der Waals surface area contributed by atoms with E-state index in [1.807, 2.05) is 0 Å². The number of piperidine rings is 1. The molecule has 1 aromatic carbocycles. The summed E-state index contributed by atoms with van der Waals surface area (Å²) in [6.45, 7) is 4.98. The van der Waals surface area contributed by atoms with Gasteiger partial charge in [0.05, 0.1) is 11.7 Å². The first-order chi connectivity index (χ1) is 13.1. The molecule has 2 aliphatic rings. The van der Waals surface area contributed by atoms with Gasteiger partial charge in [0.2, 0.25) is 10.0 Å².